The molecule has 4 rings (SSSR count). The molecule has 138 valence electrons. The molecule has 0 spiro atoms. The van der Waals surface area contributed by atoms with Gasteiger partial charge in [0.25, 0.3) is 0 Å². The summed E-state index contributed by atoms with van der Waals surface area (Å²) in [6, 6.07) is 15.3. The zero-order valence-corrected chi connectivity index (χ0v) is 14.9. The Labute approximate surface area is 156 Å². The Bertz CT molecular complexity index is 939. The minimum absolute atomic E-state index is 0.00660. The fourth-order valence-electron chi connectivity index (χ4n) is 2.85. The summed E-state index contributed by atoms with van der Waals surface area (Å²) in [7, 11) is 1.73. The molecule has 7 nitrogen and oxygen atoms in total. The molecule has 0 aliphatic carbocycles. The first-order valence-electron chi connectivity index (χ1n) is 8.69. The SMILES string of the molecule is CN(Cc1nc(-c2ccccc2)no1)C(=O)CCc1ccc2c(c1)OCO2. The van der Waals surface area contributed by atoms with Crippen molar-refractivity contribution in [1.29, 1.82) is 0 Å². The van der Waals surface area contributed by atoms with E-state index in [2.05, 4.69) is 10.1 Å². The van der Waals surface area contributed by atoms with Crippen LogP contribution in [0.15, 0.2) is 53.1 Å². The van der Waals surface area contributed by atoms with Gasteiger partial charge in [0.15, 0.2) is 11.5 Å². The predicted molar refractivity (Wildman–Crippen MR) is 97.1 cm³/mol. The standard InChI is InChI=1S/C20H19N3O4/c1-23(12-18-21-20(22-27-18)15-5-3-2-4-6-15)19(24)10-8-14-7-9-16-17(11-14)26-13-25-16/h2-7,9,11H,8,10,12-13H2,1H3. The maximum Gasteiger partial charge on any atom is 0.246 e. The Hall–Kier alpha value is -3.35. The van der Waals surface area contributed by atoms with E-state index >= 15 is 0 Å². The average molecular weight is 365 g/mol. The molecule has 0 bridgehead atoms. The Morgan fingerprint density at radius 2 is 1.93 bits per heavy atom. The molecule has 7 heteroatoms. The minimum atomic E-state index is 0.00660. The highest BCUT2D eigenvalue weighted by molar-refractivity contribution is 5.76. The van der Waals surface area contributed by atoms with Gasteiger partial charge in [-0.05, 0) is 24.1 Å². The van der Waals surface area contributed by atoms with Crippen molar-refractivity contribution >= 4 is 5.91 Å². The van der Waals surface area contributed by atoms with Crippen LogP contribution in [-0.4, -0.2) is 34.8 Å². The fraction of sp³-hybridized carbons (Fsp3) is 0.250. The average Bonchev–Trinajstić information content (AvgIpc) is 3.35. The highest BCUT2D eigenvalue weighted by atomic mass is 16.7. The molecule has 1 aliphatic rings. The smallest absolute Gasteiger partial charge is 0.246 e. The largest absolute Gasteiger partial charge is 0.454 e. The zero-order chi connectivity index (χ0) is 18.6. The van der Waals surface area contributed by atoms with Crippen molar-refractivity contribution in [2.45, 2.75) is 19.4 Å². The number of hydrogen-bond donors (Lipinski definition) is 0. The molecule has 0 atom stereocenters. The summed E-state index contributed by atoms with van der Waals surface area (Å²) < 4.78 is 15.9. The summed E-state index contributed by atoms with van der Waals surface area (Å²) in [5.74, 6) is 2.41. The van der Waals surface area contributed by atoms with E-state index in [0.717, 1.165) is 22.6 Å². The van der Waals surface area contributed by atoms with Crippen LogP contribution >= 0.6 is 0 Å². The molecule has 3 aromatic rings. The van der Waals surface area contributed by atoms with Crippen LogP contribution in [0.3, 0.4) is 0 Å². The van der Waals surface area contributed by atoms with Crippen molar-refractivity contribution in [3.05, 3.63) is 60.0 Å². The van der Waals surface area contributed by atoms with Crippen molar-refractivity contribution < 1.29 is 18.8 Å². The lowest BCUT2D eigenvalue weighted by atomic mass is 10.1. The molecule has 27 heavy (non-hydrogen) atoms. The van der Waals surface area contributed by atoms with E-state index in [1.165, 1.54) is 0 Å². The monoisotopic (exact) mass is 365 g/mol. The van der Waals surface area contributed by atoms with Crippen LogP contribution < -0.4 is 9.47 Å². The van der Waals surface area contributed by atoms with Gasteiger partial charge < -0.3 is 18.9 Å². The number of aryl methyl sites for hydroxylation is 1. The number of rotatable bonds is 6. The maximum atomic E-state index is 12.4. The molecule has 0 N–H and O–H groups in total. The molecule has 1 amide bonds. The number of nitrogens with zero attached hydrogens (tertiary/aromatic N) is 3. The molecule has 2 aromatic carbocycles. The van der Waals surface area contributed by atoms with E-state index in [4.69, 9.17) is 14.0 Å². The van der Waals surface area contributed by atoms with Gasteiger partial charge in [0.1, 0.15) is 0 Å². The van der Waals surface area contributed by atoms with Gasteiger partial charge in [-0.2, -0.15) is 4.98 Å². The van der Waals surface area contributed by atoms with E-state index in [-0.39, 0.29) is 19.2 Å². The zero-order valence-electron chi connectivity index (χ0n) is 14.9. The van der Waals surface area contributed by atoms with Gasteiger partial charge in [-0.15, -0.1) is 0 Å². The van der Waals surface area contributed by atoms with Crippen LogP contribution in [0.2, 0.25) is 0 Å². The van der Waals surface area contributed by atoms with Crippen LogP contribution in [0.25, 0.3) is 11.4 Å². The van der Waals surface area contributed by atoms with Crippen molar-refractivity contribution in [1.82, 2.24) is 15.0 Å². The first-order valence-corrected chi connectivity index (χ1v) is 8.69. The maximum absolute atomic E-state index is 12.4. The number of fused-ring (bicyclic) bond motifs is 1. The number of benzene rings is 2. The van der Waals surface area contributed by atoms with Crippen molar-refractivity contribution in [3.8, 4) is 22.9 Å². The van der Waals surface area contributed by atoms with E-state index in [1.807, 2.05) is 48.5 Å². The van der Waals surface area contributed by atoms with Gasteiger partial charge in [0, 0.05) is 19.0 Å². The Morgan fingerprint density at radius 3 is 2.78 bits per heavy atom. The second-order valence-corrected chi connectivity index (χ2v) is 6.32. The summed E-state index contributed by atoms with van der Waals surface area (Å²) in [6.07, 6.45) is 1.01. The third-order valence-electron chi connectivity index (χ3n) is 4.36. The van der Waals surface area contributed by atoms with E-state index in [1.54, 1.807) is 11.9 Å². The molecule has 0 unspecified atom stereocenters. The number of carbonyl (C=O) groups is 1. The van der Waals surface area contributed by atoms with Gasteiger partial charge in [0.2, 0.25) is 24.4 Å². The predicted octanol–water partition coefficient (Wildman–Crippen LogP) is 3.06. The first-order chi connectivity index (χ1) is 13.2. The topological polar surface area (TPSA) is 77.7 Å². The quantitative estimate of drug-likeness (QED) is 0.668. The lowest BCUT2D eigenvalue weighted by molar-refractivity contribution is -0.130. The third-order valence-corrected chi connectivity index (χ3v) is 4.36. The molecule has 0 fully saturated rings. The Morgan fingerprint density at radius 1 is 1.11 bits per heavy atom. The van der Waals surface area contributed by atoms with E-state index < -0.39 is 0 Å². The van der Waals surface area contributed by atoms with Gasteiger partial charge in [-0.1, -0.05) is 41.6 Å². The Kier molecular flexibility index (Phi) is 4.74. The van der Waals surface area contributed by atoms with Crippen molar-refractivity contribution in [3.63, 3.8) is 0 Å². The van der Waals surface area contributed by atoms with E-state index in [0.29, 0.717) is 24.6 Å². The van der Waals surface area contributed by atoms with E-state index in [9.17, 15) is 4.79 Å². The van der Waals surface area contributed by atoms with Crippen LogP contribution in [0.1, 0.15) is 17.9 Å². The number of aromatic nitrogens is 2. The van der Waals surface area contributed by atoms with Gasteiger partial charge >= 0.3 is 0 Å². The first kappa shape index (κ1) is 17.1. The molecule has 1 aromatic heterocycles. The van der Waals surface area contributed by atoms with Crippen molar-refractivity contribution in [2.24, 2.45) is 0 Å². The molecule has 2 heterocycles. The molecular formula is C20H19N3O4. The Balaban J connectivity index is 1.32. The fourth-order valence-corrected chi connectivity index (χ4v) is 2.85. The minimum Gasteiger partial charge on any atom is -0.454 e. The van der Waals surface area contributed by atoms with Gasteiger partial charge in [-0.3, -0.25) is 4.79 Å². The van der Waals surface area contributed by atoms with Crippen LogP contribution in [-0.2, 0) is 17.8 Å². The molecule has 0 saturated heterocycles. The second kappa shape index (κ2) is 7.49. The highest BCUT2D eigenvalue weighted by Gasteiger charge is 2.16. The molecule has 1 aliphatic heterocycles. The van der Waals surface area contributed by atoms with Gasteiger partial charge in [-0.25, -0.2) is 0 Å². The third kappa shape index (κ3) is 3.92. The number of ether oxygens (including phenoxy) is 2. The molecular weight excluding hydrogens is 346 g/mol. The summed E-state index contributed by atoms with van der Waals surface area (Å²) in [5.41, 5.74) is 1.91. The second-order valence-electron chi connectivity index (χ2n) is 6.32. The van der Waals surface area contributed by atoms with Crippen molar-refractivity contribution in [2.75, 3.05) is 13.8 Å². The molecule has 0 saturated carbocycles. The normalized spacial score (nSPS) is 12.2. The molecule has 0 radical (unpaired) electrons. The summed E-state index contributed by atoms with van der Waals surface area (Å²) in [5, 5.41) is 3.98. The van der Waals surface area contributed by atoms with Crippen LogP contribution in [0.4, 0.5) is 0 Å². The highest BCUT2D eigenvalue weighted by Crippen LogP contribution is 2.32. The summed E-state index contributed by atoms with van der Waals surface area (Å²) >= 11 is 0. The lowest BCUT2D eigenvalue weighted by Gasteiger charge is -2.14. The number of hydrogen-bond acceptors (Lipinski definition) is 6. The van der Waals surface area contributed by atoms with Crippen LogP contribution in [0, 0.1) is 0 Å². The number of amides is 1. The lowest BCUT2D eigenvalue weighted by Crippen LogP contribution is -2.26. The summed E-state index contributed by atoms with van der Waals surface area (Å²) in [4.78, 5) is 18.4. The summed E-state index contributed by atoms with van der Waals surface area (Å²) in [6.45, 7) is 0.523. The number of carbonyl (C=O) groups excluding carboxylic acids is 1. The van der Waals surface area contributed by atoms with Gasteiger partial charge in [0.05, 0.1) is 6.54 Å². The van der Waals surface area contributed by atoms with Crippen LogP contribution in [0.5, 0.6) is 11.5 Å².